The van der Waals surface area contributed by atoms with Gasteiger partial charge in [-0.2, -0.15) is 0 Å². The minimum Gasteiger partial charge on any atom is -0.453 e. The normalized spacial score (nSPS) is 11.9. The van der Waals surface area contributed by atoms with Crippen molar-refractivity contribution in [2.45, 2.75) is 25.5 Å². The third kappa shape index (κ3) is 4.83. The molecule has 1 unspecified atom stereocenters. The maximum atomic E-state index is 12.6. The number of carbonyl (C=O) groups is 1. The lowest BCUT2D eigenvalue weighted by molar-refractivity contribution is 0.0898. The van der Waals surface area contributed by atoms with Crippen LogP contribution in [0.4, 0.5) is 0 Å². The van der Waals surface area contributed by atoms with Crippen LogP contribution in [0, 0.1) is 0 Å². The Morgan fingerprint density at radius 1 is 1.00 bits per heavy atom. The van der Waals surface area contributed by atoms with Gasteiger partial charge in [-0.1, -0.05) is 60.7 Å². The number of ether oxygens (including phenoxy) is 1. The van der Waals surface area contributed by atoms with Gasteiger partial charge in [-0.05, 0) is 36.1 Å². The van der Waals surface area contributed by atoms with Crippen LogP contribution < -0.4 is 5.32 Å². The maximum Gasteiger partial charge on any atom is 0.287 e. The van der Waals surface area contributed by atoms with E-state index in [0.29, 0.717) is 18.1 Å². The maximum absolute atomic E-state index is 12.6. The summed E-state index contributed by atoms with van der Waals surface area (Å²) in [6.07, 6.45) is 1.69. The number of benzene rings is 2. The zero-order valence-electron chi connectivity index (χ0n) is 14.9. The molecule has 1 N–H and O–H groups in total. The van der Waals surface area contributed by atoms with E-state index >= 15 is 0 Å². The van der Waals surface area contributed by atoms with Gasteiger partial charge in [-0.15, -0.1) is 0 Å². The van der Waals surface area contributed by atoms with E-state index in [4.69, 9.17) is 9.15 Å². The molecule has 1 atom stereocenters. The van der Waals surface area contributed by atoms with Gasteiger partial charge in [0, 0.05) is 7.11 Å². The Kier molecular flexibility index (Phi) is 6.23. The molecule has 3 aromatic rings. The molecule has 0 fully saturated rings. The van der Waals surface area contributed by atoms with E-state index in [9.17, 15) is 4.79 Å². The van der Waals surface area contributed by atoms with Gasteiger partial charge in [0.2, 0.25) is 0 Å². The van der Waals surface area contributed by atoms with Gasteiger partial charge in [0.15, 0.2) is 5.76 Å². The van der Waals surface area contributed by atoms with Crippen molar-refractivity contribution >= 4 is 5.91 Å². The summed E-state index contributed by atoms with van der Waals surface area (Å²) < 4.78 is 10.6. The zero-order chi connectivity index (χ0) is 18.2. The Morgan fingerprint density at radius 3 is 2.38 bits per heavy atom. The fraction of sp³-hybridized carbons (Fsp3) is 0.227. The van der Waals surface area contributed by atoms with Crippen molar-refractivity contribution in [3.63, 3.8) is 0 Å². The van der Waals surface area contributed by atoms with Crippen molar-refractivity contribution < 1.29 is 13.9 Å². The standard InChI is InChI=1S/C22H23NO3/c1-25-16-19-13-15-21(26-19)22(24)23-20(18-10-6-3-7-11-18)14-12-17-8-4-2-5-9-17/h2-11,13,15,20H,12,14,16H2,1H3,(H,23,24). The van der Waals surface area contributed by atoms with Gasteiger partial charge in [0.1, 0.15) is 12.4 Å². The number of hydrogen-bond acceptors (Lipinski definition) is 3. The van der Waals surface area contributed by atoms with Crippen LogP contribution in [0.2, 0.25) is 0 Å². The van der Waals surface area contributed by atoms with Crippen molar-refractivity contribution in [3.05, 3.63) is 95.4 Å². The molecule has 0 spiro atoms. The highest BCUT2D eigenvalue weighted by molar-refractivity contribution is 5.91. The number of hydrogen-bond donors (Lipinski definition) is 1. The summed E-state index contributed by atoms with van der Waals surface area (Å²) in [7, 11) is 1.59. The van der Waals surface area contributed by atoms with Crippen LogP contribution in [0.5, 0.6) is 0 Å². The molecule has 134 valence electrons. The number of methoxy groups -OCH3 is 1. The summed E-state index contributed by atoms with van der Waals surface area (Å²) in [4.78, 5) is 12.6. The van der Waals surface area contributed by atoms with Crippen LogP contribution >= 0.6 is 0 Å². The Balaban J connectivity index is 1.71. The minimum atomic E-state index is -0.214. The lowest BCUT2D eigenvalue weighted by atomic mass is 9.99. The summed E-state index contributed by atoms with van der Waals surface area (Å²) in [5.74, 6) is 0.727. The lowest BCUT2D eigenvalue weighted by Crippen LogP contribution is -2.28. The van der Waals surface area contributed by atoms with E-state index < -0.39 is 0 Å². The first kappa shape index (κ1) is 18.0. The van der Waals surface area contributed by atoms with E-state index in [2.05, 4.69) is 17.4 Å². The molecule has 26 heavy (non-hydrogen) atoms. The molecule has 2 aromatic carbocycles. The summed E-state index contributed by atoms with van der Waals surface area (Å²) >= 11 is 0. The fourth-order valence-corrected chi connectivity index (χ4v) is 2.91. The van der Waals surface area contributed by atoms with E-state index in [0.717, 1.165) is 18.4 Å². The van der Waals surface area contributed by atoms with Gasteiger partial charge < -0.3 is 14.5 Å². The highest BCUT2D eigenvalue weighted by atomic mass is 16.5. The molecule has 1 amide bonds. The third-order valence-corrected chi connectivity index (χ3v) is 4.24. The van der Waals surface area contributed by atoms with Gasteiger partial charge in [-0.3, -0.25) is 4.79 Å². The largest absolute Gasteiger partial charge is 0.453 e. The monoisotopic (exact) mass is 349 g/mol. The number of rotatable bonds is 8. The third-order valence-electron chi connectivity index (χ3n) is 4.24. The van der Waals surface area contributed by atoms with Crippen molar-refractivity contribution in [2.75, 3.05) is 7.11 Å². The van der Waals surface area contributed by atoms with Crippen molar-refractivity contribution in [2.24, 2.45) is 0 Å². The second kappa shape index (κ2) is 9.02. The summed E-state index contributed by atoms with van der Waals surface area (Å²) in [5.41, 5.74) is 2.34. The molecule has 0 aliphatic carbocycles. The molecular formula is C22H23NO3. The van der Waals surface area contributed by atoms with E-state index in [-0.39, 0.29) is 11.9 Å². The number of aryl methyl sites for hydroxylation is 1. The Morgan fingerprint density at radius 2 is 1.69 bits per heavy atom. The van der Waals surface area contributed by atoms with Crippen LogP contribution in [0.1, 0.15) is 39.9 Å². The lowest BCUT2D eigenvalue weighted by Gasteiger charge is -2.19. The first-order chi connectivity index (χ1) is 12.8. The molecule has 0 saturated carbocycles. The number of amides is 1. The average Bonchev–Trinajstić information content (AvgIpc) is 3.15. The van der Waals surface area contributed by atoms with Gasteiger partial charge in [0.25, 0.3) is 5.91 Å². The molecule has 4 heteroatoms. The molecule has 0 bridgehead atoms. The second-order valence-corrected chi connectivity index (χ2v) is 6.16. The van der Waals surface area contributed by atoms with Gasteiger partial charge in [0.05, 0.1) is 6.04 Å². The summed E-state index contributed by atoms with van der Waals surface area (Å²) in [5, 5.41) is 3.10. The molecule has 0 saturated heterocycles. The SMILES string of the molecule is COCc1ccc(C(=O)NC(CCc2ccccc2)c2ccccc2)o1. The average molecular weight is 349 g/mol. The molecule has 0 radical (unpaired) electrons. The van der Waals surface area contributed by atoms with Crippen LogP contribution in [-0.4, -0.2) is 13.0 Å². The van der Waals surface area contributed by atoms with Crippen molar-refractivity contribution in [1.82, 2.24) is 5.32 Å². The van der Waals surface area contributed by atoms with Crippen molar-refractivity contribution in [3.8, 4) is 0 Å². The summed E-state index contributed by atoms with van der Waals surface area (Å²) in [6, 6.07) is 23.7. The predicted molar refractivity (Wildman–Crippen MR) is 101 cm³/mol. The molecule has 1 aromatic heterocycles. The topological polar surface area (TPSA) is 51.5 Å². The number of carbonyl (C=O) groups excluding carboxylic acids is 1. The fourth-order valence-electron chi connectivity index (χ4n) is 2.91. The summed E-state index contributed by atoms with van der Waals surface area (Å²) in [6.45, 7) is 0.351. The van der Waals surface area contributed by atoms with Gasteiger partial charge >= 0.3 is 0 Å². The van der Waals surface area contributed by atoms with Crippen LogP contribution in [0.25, 0.3) is 0 Å². The first-order valence-electron chi connectivity index (χ1n) is 8.73. The first-order valence-corrected chi connectivity index (χ1v) is 8.73. The minimum absolute atomic E-state index is 0.0834. The Labute approximate surface area is 153 Å². The molecule has 4 nitrogen and oxygen atoms in total. The second-order valence-electron chi connectivity index (χ2n) is 6.16. The zero-order valence-corrected chi connectivity index (χ0v) is 14.9. The van der Waals surface area contributed by atoms with E-state index in [1.807, 2.05) is 48.5 Å². The molecular weight excluding hydrogens is 326 g/mol. The van der Waals surface area contributed by atoms with E-state index in [1.54, 1.807) is 19.2 Å². The van der Waals surface area contributed by atoms with Crippen LogP contribution in [0.3, 0.4) is 0 Å². The van der Waals surface area contributed by atoms with Crippen LogP contribution in [-0.2, 0) is 17.8 Å². The highest BCUT2D eigenvalue weighted by Gasteiger charge is 2.18. The molecule has 1 heterocycles. The Bertz CT molecular complexity index is 812. The van der Waals surface area contributed by atoms with Gasteiger partial charge in [-0.25, -0.2) is 0 Å². The molecule has 0 aliphatic heterocycles. The number of nitrogens with one attached hydrogen (secondary N) is 1. The molecule has 0 aliphatic rings. The quantitative estimate of drug-likeness (QED) is 0.650. The van der Waals surface area contributed by atoms with Crippen molar-refractivity contribution in [1.29, 1.82) is 0 Å². The Hall–Kier alpha value is -2.85. The van der Waals surface area contributed by atoms with E-state index in [1.165, 1.54) is 5.56 Å². The predicted octanol–water partition coefficient (Wildman–Crippen LogP) is 4.53. The smallest absolute Gasteiger partial charge is 0.287 e. The van der Waals surface area contributed by atoms with Crippen LogP contribution in [0.15, 0.2) is 77.2 Å². The number of furan rings is 1. The molecule has 3 rings (SSSR count). The highest BCUT2D eigenvalue weighted by Crippen LogP contribution is 2.20.